The number of Topliss-reactive ketones (excluding diaryl/α,β-unsaturated/α-hetero) is 2. The van der Waals surface area contributed by atoms with Crippen LogP contribution in [0.3, 0.4) is 0 Å². The molecular weight excluding hydrogens is 1170 g/mol. The Labute approximate surface area is 509 Å². The zero-order valence-corrected chi connectivity index (χ0v) is 50.9. The van der Waals surface area contributed by atoms with Crippen LogP contribution in [-0.2, 0) is 80.5 Å². The second-order valence-corrected chi connectivity index (χ2v) is 25.8. The van der Waals surface area contributed by atoms with E-state index in [4.69, 9.17) is 10.5 Å². The second-order valence-electron chi connectivity index (χ2n) is 23.1. The molecule has 11 atom stereocenters. The van der Waals surface area contributed by atoms with Crippen molar-refractivity contribution in [3.8, 4) is 5.75 Å². The van der Waals surface area contributed by atoms with Gasteiger partial charge in [0.25, 0.3) is 11.8 Å². The van der Waals surface area contributed by atoms with Gasteiger partial charge in [-0.1, -0.05) is 33.6 Å². The summed E-state index contributed by atoms with van der Waals surface area (Å²) in [6.45, 7) is 3.37. The zero-order valence-electron chi connectivity index (χ0n) is 49.3. The number of primary amides is 1. The number of nitrogens with two attached hydrogens (primary N) is 1. The number of H-pyrrole nitrogens is 1. The van der Waals surface area contributed by atoms with Crippen molar-refractivity contribution in [2.24, 2.45) is 29.4 Å². The van der Waals surface area contributed by atoms with Gasteiger partial charge in [-0.2, -0.15) is 11.8 Å². The Bertz CT molecular complexity index is 3020. The van der Waals surface area contributed by atoms with E-state index in [1.54, 1.807) is 37.7 Å². The molecule has 0 radical (unpaired) electrons. The lowest BCUT2D eigenvalue weighted by atomic mass is 9.85. The minimum absolute atomic E-state index is 0.00380. The molecule has 29 heteroatoms. The molecular formula is C58H80N10O17S2. The number of aliphatic hydroxyl groups excluding tert-OH is 3. The number of rotatable bonds is 17. The number of carbonyl (C=O) groups excluding carboxylic acids is 12. The van der Waals surface area contributed by atoms with E-state index in [0.29, 0.717) is 80.3 Å². The first-order chi connectivity index (χ1) is 41.4. The summed E-state index contributed by atoms with van der Waals surface area (Å²) in [4.78, 5) is 172. The molecule has 476 valence electrons. The number of thioether (sulfide) groups is 1. The molecule has 11 N–H and O–H groups in total. The number of hydrogen-bond donors (Lipinski definition) is 10. The van der Waals surface area contributed by atoms with E-state index in [-0.39, 0.29) is 52.3 Å². The van der Waals surface area contributed by atoms with E-state index in [2.05, 4.69) is 31.6 Å². The Morgan fingerprint density at radius 3 is 2.24 bits per heavy atom. The number of hydrogen-bond acceptors (Lipinski definition) is 18. The number of ketones is 2. The van der Waals surface area contributed by atoms with Crippen molar-refractivity contribution in [3.63, 3.8) is 0 Å². The van der Waals surface area contributed by atoms with Crippen molar-refractivity contribution < 1.29 is 81.8 Å². The summed E-state index contributed by atoms with van der Waals surface area (Å²) < 4.78 is 21.3. The maximum absolute atomic E-state index is 15.4. The minimum atomic E-state index is -2.41. The summed E-state index contributed by atoms with van der Waals surface area (Å²) in [5.74, 6) is -13.3. The number of amides is 10. The number of piperidine rings is 1. The number of unbranched alkanes of at least 4 members (excludes halogenated alkanes) is 2. The van der Waals surface area contributed by atoms with Crippen LogP contribution in [0, 0.1) is 23.7 Å². The number of ether oxygens (including phenoxy) is 1. The van der Waals surface area contributed by atoms with Crippen molar-refractivity contribution in [3.05, 3.63) is 35.4 Å². The fourth-order valence-electron chi connectivity index (χ4n) is 11.7. The first kappa shape index (κ1) is 67.4. The molecule has 87 heavy (non-hydrogen) atoms. The van der Waals surface area contributed by atoms with Gasteiger partial charge < -0.3 is 67.2 Å². The molecule has 1 aromatic heterocycles. The second kappa shape index (κ2) is 30.7. The van der Waals surface area contributed by atoms with Crippen LogP contribution in [0.25, 0.3) is 10.9 Å². The molecule has 2 bridgehead atoms. The summed E-state index contributed by atoms with van der Waals surface area (Å²) in [5.41, 5.74) is 6.76. The maximum atomic E-state index is 15.4. The van der Waals surface area contributed by atoms with Crippen LogP contribution >= 0.6 is 11.8 Å². The van der Waals surface area contributed by atoms with E-state index in [1.807, 2.05) is 4.90 Å². The monoisotopic (exact) mass is 1250 g/mol. The highest BCUT2D eigenvalue weighted by atomic mass is 32.2. The Hall–Kier alpha value is -7.08. The Balaban J connectivity index is 1.28. The third-order valence-electron chi connectivity index (χ3n) is 17.1. The lowest BCUT2D eigenvalue weighted by Crippen LogP contribution is -2.60. The number of nitrogens with one attached hydrogen (secondary N) is 6. The fraction of sp³-hybridized carbons (Fsp3) is 0.621. The minimum Gasteiger partial charge on any atom is -0.496 e. The lowest BCUT2D eigenvalue weighted by Gasteiger charge is -2.32. The molecule has 0 aliphatic carbocycles. The third-order valence-corrected chi connectivity index (χ3v) is 19.9. The van der Waals surface area contributed by atoms with Crippen molar-refractivity contribution in [1.29, 1.82) is 0 Å². The number of fused-ring (bicyclic) bond motifs is 5. The molecule has 27 nitrogen and oxygen atoms in total. The summed E-state index contributed by atoms with van der Waals surface area (Å²) >= 11 is 1.58. The topological polar surface area (TPSA) is 404 Å². The fourth-order valence-corrected chi connectivity index (χ4v) is 14.3. The highest BCUT2D eigenvalue weighted by Crippen LogP contribution is 2.39. The molecule has 0 spiro atoms. The number of likely N-dealkylation sites (tertiary alicyclic amines) is 1. The quantitative estimate of drug-likeness (QED) is 0.0622. The summed E-state index contributed by atoms with van der Waals surface area (Å²) in [7, 11) is -0.957. The van der Waals surface area contributed by atoms with E-state index in [0.717, 1.165) is 4.90 Å². The molecule has 10 amide bonds. The number of carbonyl (C=O) groups is 12. The predicted octanol–water partition coefficient (Wildman–Crippen LogP) is -1.73. The molecule has 1 unspecified atom stereocenters. The Morgan fingerprint density at radius 1 is 0.874 bits per heavy atom. The molecule has 2 saturated heterocycles. The van der Waals surface area contributed by atoms with Gasteiger partial charge in [0.2, 0.25) is 47.3 Å². The van der Waals surface area contributed by atoms with Gasteiger partial charge in [-0.05, 0) is 55.7 Å². The molecule has 2 fully saturated rings. The number of imide groups is 1. The molecule has 5 aliphatic rings. The largest absolute Gasteiger partial charge is 0.496 e. The van der Waals surface area contributed by atoms with Gasteiger partial charge in [0.15, 0.2) is 11.6 Å². The number of benzene rings is 1. The van der Waals surface area contributed by atoms with E-state index >= 15 is 9.00 Å². The smallest absolute Gasteiger partial charge is 0.253 e. The van der Waals surface area contributed by atoms with Gasteiger partial charge in [-0.3, -0.25) is 66.6 Å². The first-order valence-corrected chi connectivity index (χ1v) is 31.9. The SMILES string of the molecule is CC[C@H](C)[C@@H]1CC(=O)CNC(=O)[C@H]2CC(=O)[C@H]([C@@H](C)[C@@H](O)CO)NC(=O)[C@@H]3C[C@@H](O)CN3C(=O)[C@H](CC(N)=O)NC(=O)[C@H](CS(=O)c3[nH]c4c(CSC5CCN(C(=O)CCCCCN6C(=O)C=CC6=O)CC5)c(OC)ccc4c3C2)NC(=O)CNC1=O. The Morgan fingerprint density at radius 2 is 1.57 bits per heavy atom. The lowest BCUT2D eigenvalue weighted by molar-refractivity contribution is -0.144. The molecule has 7 rings (SSSR count). The molecule has 5 aliphatic heterocycles. The van der Waals surface area contributed by atoms with Crippen LogP contribution in [-0.4, -0.2) is 210 Å². The number of aliphatic hydroxyl groups is 3. The van der Waals surface area contributed by atoms with E-state index in [9.17, 15) is 68.1 Å². The van der Waals surface area contributed by atoms with Crippen LogP contribution in [0.15, 0.2) is 29.3 Å². The summed E-state index contributed by atoms with van der Waals surface area (Å²) in [6, 6.07) is -3.64. The van der Waals surface area contributed by atoms with Gasteiger partial charge in [0.05, 0.1) is 73.5 Å². The van der Waals surface area contributed by atoms with Crippen molar-refractivity contribution in [1.82, 2.24) is 46.3 Å². The van der Waals surface area contributed by atoms with Crippen LogP contribution < -0.4 is 37.1 Å². The molecule has 0 saturated carbocycles. The number of methoxy groups -OCH3 is 1. The van der Waals surface area contributed by atoms with Crippen LogP contribution in [0.5, 0.6) is 5.75 Å². The van der Waals surface area contributed by atoms with Crippen molar-refractivity contribution in [2.75, 3.05) is 58.7 Å². The normalized spacial score (nSPS) is 26.4. The van der Waals surface area contributed by atoms with Crippen molar-refractivity contribution in [2.45, 2.75) is 150 Å². The van der Waals surface area contributed by atoms with Crippen LogP contribution in [0.1, 0.15) is 103 Å². The third kappa shape index (κ3) is 17.0. The van der Waals surface area contributed by atoms with Gasteiger partial charge in [0.1, 0.15) is 28.9 Å². The Kier molecular flexibility index (Phi) is 23.8. The molecule has 2 aromatic rings. The van der Waals surface area contributed by atoms with Crippen molar-refractivity contribution >= 4 is 104 Å². The summed E-state index contributed by atoms with van der Waals surface area (Å²) in [6.07, 6.45) is 0.505. The maximum Gasteiger partial charge on any atom is 0.253 e. The standard InChI is InChI=1S/C58H80N10O17S2/c1-5-30(2)37-21-33(70)24-60-53(79)32-19-38-36-10-11-45(85-4)39(28-86-35-14-17-66(18-15-35)48(76)9-7-6-8-16-67-49(77)12-13-50(67)78)52(36)65-57(38)87(84)29-41(62-47(75)25-61-54(37)80)55(81)63-40(23-46(59)74)58(83)68-26-34(71)22-42(68)56(82)64-51(43(72)20-32)31(3)44(73)27-69/h10-13,30-32,34-35,37,40-42,44,51,65,69,71,73H,5-9,14-29H2,1-4H3,(H2,59,74)(H,60,79)(H,61,80)(H,62,75)(H,63,81)(H,64,82)/t30-,31-,32+,34+,37-,40-,41-,42-,44-,51-,87?/m0/s1. The molecule has 1 aromatic carbocycles. The number of aromatic nitrogens is 1. The molecule has 6 heterocycles. The van der Waals surface area contributed by atoms with Gasteiger partial charge in [-0.25, -0.2) is 0 Å². The van der Waals surface area contributed by atoms with Crippen LogP contribution in [0.4, 0.5) is 0 Å². The van der Waals surface area contributed by atoms with E-state index < -0.39 is 181 Å². The van der Waals surface area contributed by atoms with Gasteiger partial charge in [-0.15, -0.1) is 0 Å². The van der Waals surface area contributed by atoms with Gasteiger partial charge in [0, 0.05) is 104 Å². The highest BCUT2D eigenvalue weighted by Gasteiger charge is 2.45. The highest BCUT2D eigenvalue weighted by molar-refractivity contribution is 7.99. The number of nitrogens with zero attached hydrogens (tertiary/aromatic N) is 3. The first-order valence-electron chi connectivity index (χ1n) is 29.5. The average molecular weight is 1250 g/mol. The predicted molar refractivity (Wildman–Crippen MR) is 315 cm³/mol. The van der Waals surface area contributed by atoms with Crippen LogP contribution in [0.2, 0.25) is 0 Å². The average Bonchev–Trinajstić information content (AvgIpc) is 1.69. The summed E-state index contributed by atoms with van der Waals surface area (Å²) in [5, 5.41) is 45.1. The van der Waals surface area contributed by atoms with E-state index in [1.165, 1.54) is 31.1 Å². The van der Waals surface area contributed by atoms with Gasteiger partial charge >= 0.3 is 0 Å². The number of aromatic amines is 1. The zero-order chi connectivity index (χ0) is 63.4.